The number of nitrogens with one attached hydrogen (secondary N) is 1. The van der Waals surface area contributed by atoms with Crippen LogP contribution in [0.3, 0.4) is 0 Å². The highest BCUT2D eigenvalue weighted by Crippen LogP contribution is 2.19. The zero-order chi connectivity index (χ0) is 17.8. The molecule has 0 saturated heterocycles. The lowest BCUT2D eigenvalue weighted by molar-refractivity contribution is 0.0536. The first kappa shape index (κ1) is 19.0. The molecule has 0 aromatic heterocycles. The maximum Gasteiger partial charge on any atom is 0.407 e. The predicted octanol–water partition coefficient (Wildman–Crippen LogP) is 1.83. The van der Waals surface area contributed by atoms with E-state index in [0.29, 0.717) is 12.0 Å². The third kappa shape index (κ3) is 5.90. The summed E-state index contributed by atoms with van der Waals surface area (Å²) in [6, 6.07) is 3.41. The molecule has 0 fully saturated rings. The predicted molar refractivity (Wildman–Crippen MR) is 88.4 cm³/mol. The van der Waals surface area contributed by atoms with Crippen molar-refractivity contribution in [1.29, 1.82) is 0 Å². The van der Waals surface area contributed by atoms with Crippen molar-refractivity contribution >= 4 is 12.0 Å². The summed E-state index contributed by atoms with van der Waals surface area (Å²) in [4.78, 5) is 23.1. The second-order valence-corrected chi connectivity index (χ2v) is 6.74. The first-order valence-corrected chi connectivity index (χ1v) is 7.53. The number of rotatable bonds is 5. The molecule has 128 valence electrons. The lowest BCUT2D eigenvalue weighted by Gasteiger charge is -2.23. The van der Waals surface area contributed by atoms with E-state index in [1.54, 1.807) is 12.1 Å². The van der Waals surface area contributed by atoms with Gasteiger partial charge < -0.3 is 20.9 Å². The number of alkyl carbamates (subject to hydrolysis) is 1. The molecule has 1 aromatic rings. The van der Waals surface area contributed by atoms with Gasteiger partial charge >= 0.3 is 6.09 Å². The average molecular weight is 322 g/mol. The second-order valence-electron chi connectivity index (χ2n) is 6.74. The molecular formula is C17H26N2O4. The van der Waals surface area contributed by atoms with Crippen molar-refractivity contribution in [3.8, 4) is 0 Å². The Morgan fingerprint density at radius 1 is 1.26 bits per heavy atom. The number of nitrogens with two attached hydrogens (primary N) is 1. The number of hydrogen-bond donors (Lipinski definition) is 3. The topological polar surface area (TPSA) is 102 Å². The molecule has 0 spiro atoms. The van der Waals surface area contributed by atoms with E-state index >= 15 is 0 Å². The van der Waals surface area contributed by atoms with Crippen molar-refractivity contribution in [3.05, 3.63) is 34.4 Å². The van der Waals surface area contributed by atoms with Gasteiger partial charge in [-0.1, -0.05) is 0 Å². The fourth-order valence-electron chi connectivity index (χ4n) is 2.32. The van der Waals surface area contributed by atoms with Gasteiger partial charge in [0, 0.05) is 17.5 Å². The molecule has 0 bridgehead atoms. The normalized spacial score (nSPS) is 12.6. The SMILES string of the molecule is Cc1cc(C(N)=O)cc(C)c1C[C@@H](CO)OC(=O)NC(C)(C)C. The Morgan fingerprint density at radius 2 is 1.78 bits per heavy atom. The van der Waals surface area contributed by atoms with Crippen LogP contribution in [0.1, 0.15) is 47.8 Å². The Bertz CT molecular complexity index is 568. The molecule has 6 nitrogen and oxygen atoms in total. The highest BCUT2D eigenvalue weighted by Gasteiger charge is 2.20. The van der Waals surface area contributed by atoms with Crippen LogP contribution in [-0.4, -0.2) is 35.4 Å². The summed E-state index contributed by atoms with van der Waals surface area (Å²) in [5, 5.41) is 12.2. The molecule has 0 heterocycles. The molecule has 0 saturated carbocycles. The molecule has 0 radical (unpaired) electrons. The number of ether oxygens (including phenoxy) is 1. The Labute approximate surface area is 137 Å². The van der Waals surface area contributed by atoms with Crippen LogP contribution in [0.4, 0.5) is 4.79 Å². The molecule has 0 aliphatic carbocycles. The third-order valence-electron chi connectivity index (χ3n) is 3.37. The van der Waals surface area contributed by atoms with E-state index < -0.39 is 23.6 Å². The van der Waals surface area contributed by atoms with Crippen molar-refractivity contribution in [3.63, 3.8) is 0 Å². The van der Waals surface area contributed by atoms with Crippen LogP contribution in [-0.2, 0) is 11.2 Å². The van der Waals surface area contributed by atoms with Crippen molar-refractivity contribution in [2.24, 2.45) is 5.73 Å². The van der Waals surface area contributed by atoms with Crippen LogP contribution >= 0.6 is 0 Å². The average Bonchev–Trinajstić information content (AvgIpc) is 2.38. The molecule has 0 aliphatic heterocycles. The molecule has 0 unspecified atom stereocenters. The van der Waals surface area contributed by atoms with Crippen molar-refractivity contribution < 1.29 is 19.4 Å². The number of aryl methyl sites for hydroxylation is 2. The number of benzene rings is 1. The van der Waals surface area contributed by atoms with Gasteiger partial charge in [0.25, 0.3) is 0 Å². The van der Waals surface area contributed by atoms with Gasteiger partial charge in [-0.2, -0.15) is 0 Å². The van der Waals surface area contributed by atoms with E-state index in [1.165, 1.54) is 0 Å². The number of aliphatic hydroxyl groups is 1. The van der Waals surface area contributed by atoms with Gasteiger partial charge in [-0.3, -0.25) is 4.79 Å². The van der Waals surface area contributed by atoms with E-state index in [0.717, 1.165) is 16.7 Å². The van der Waals surface area contributed by atoms with Gasteiger partial charge in [0.1, 0.15) is 6.10 Å². The second kappa shape index (κ2) is 7.46. The van der Waals surface area contributed by atoms with Crippen LogP contribution in [0.2, 0.25) is 0 Å². The number of hydrogen-bond acceptors (Lipinski definition) is 4. The van der Waals surface area contributed by atoms with E-state index in [9.17, 15) is 14.7 Å². The van der Waals surface area contributed by atoms with Crippen LogP contribution in [0, 0.1) is 13.8 Å². The maximum atomic E-state index is 11.8. The smallest absolute Gasteiger partial charge is 0.407 e. The van der Waals surface area contributed by atoms with Gasteiger partial charge in [0.05, 0.1) is 6.61 Å². The summed E-state index contributed by atoms with van der Waals surface area (Å²) in [7, 11) is 0. The third-order valence-corrected chi connectivity index (χ3v) is 3.37. The van der Waals surface area contributed by atoms with Crippen LogP contribution in [0.5, 0.6) is 0 Å². The highest BCUT2D eigenvalue weighted by atomic mass is 16.6. The molecule has 23 heavy (non-hydrogen) atoms. The Kier molecular flexibility index (Phi) is 6.15. The monoisotopic (exact) mass is 322 g/mol. The number of primary amides is 1. The highest BCUT2D eigenvalue weighted by molar-refractivity contribution is 5.93. The maximum absolute atomic E-state index is 11.8. The molecule has 6 heteroatoms. The first-order chi connectivity index (χ1) is 10.5. The van der Waals surface area contributed by atoms with E-state index in [4.69, 9.17) is 10.5 Å². The van der Waals surface area contributed by atoms with E-state index in [1.807, 2.05) is 34.6 Å². The Morgan fingerprint density at radius 3 is 2.17 bits per heavy atom. The molecule has 0 aliphatic rings. The summed E-state index contributed by atoms with van der Waals surface area (Å²) in [5.41, 5.74) is 8.00. The van der Waals surface area contributed by atoms with Crippen LogP contribution < -0.4 is 11.1 Å². The van der Waals surface area contributed by atoms with Gasteiger partial charge in [-0.05, 0) is 63.4 Å². The zero-order valence-corrected chi connectivity index (χ0v) is 14.4. The number of aliphatic hydroxyl groups excluding tert-OH is 1. The molecule has 2 amide bonds. The number of carbonyl (C=O) groups is 2. The number of carbonyl (C=O) groups excluding carboxylic acids is 2. The summed E-state index contributed by atoms with van der Waals surface area (Å²) in [6.07, 6.45) is -0.861. The minimum Gasteiger partial charge on any atom is -0.443 e. The largest absolute Gasteiger partial charge is 0.443 e. The fraction of sp³-hybridized carbons (Fsp3) is 0.529. The molecule has 4 N–H and O–H groups in total. The number of amides is 2. The van der Waals surface area contributed by atoms with Crippen molar-refractivity contribution in [1.82, 2.24) is 5.32 Å². The van der Waals surface area contributed by atoms with Gasteiger partial charge in [-0.15, -0.1) is 0 Å². The molecular weight excluding hydrogens is 296 g/mol. The summed E-state index contributed by atoms with van der Waals surface area (Å²) < 4.78 is 5.28. The Balaban J connectivity index is 2.88. The fourth-order valence-corrected chi connectivity index (χ4v) is 2.32. The minimum atomic E-state index is -0.658. The summed E-state index contributed by atoms with van der Waals surface area (Å²) >= 11 is 0. The molecule has 1 aromatic carbocycles. The summed E-state index contributed by atoms with van der Waals surface area (Å²) in [6.45, 7) is 8.97. The zero-order valence-electron chi connectivity index (χ0n) is 14.4. The first-order valence-electron chi connectivity index (χ1n) is 7.53. The standard InChI is InChI=1S/C17H26N2O4/c1-10-6-12(15(18)21)7-11(2)14(10)8-13(9-20)23-16(22)19-17(3,4)5/h6-7,13,20H,8-9H2,1-5H3,(H2,18,21)(H,19,22)/t13-/m0/s1. The van der Waals surface area contributed by atoms with Gasteiger partial charge in [0.15, 0.2) is 0 Å². The van der Waals surface area contributed by atoms with Gasteiger partial charge in [0.2, 0.25) is 5.91 Å². The van der Waals surface area contributed by atoms with Crippen molar-refractivity contribution in [2.75, 3.05) is 6.61 Å². The van der Waals surface area contributed by atoms with Crippen LogP contribution in [0.15, 0.2) is 12.1 Å². The quantitative estimate of drug-likeness (QED) is 0.769. The molecule has 1 atom stereocenters. The molecule has 1 rings (SSSR count). The minimum absolute atomic E-state index is 0.284. The Hall–Kier alpha value is -2.08. The summed E-state index contributed by atoms with van der Waals surface area (Å²) in [5.74, 6) is -0.484. The van der Waals surface area contributed by atoms with E-state index in [2.05, 4.69) is 5.32 Å². The lowest BCUT2D eigenvalue weighted by atomic mass is 9.95. The van der Waals surface area contributed by atoms with Gasteiger partial charge in [-0.25, -0.2) is 4.79 Å². The van der Waals surface area contributed by atoms with Crippen molar-refractivity contribution in [2.45, 2.75) is 52.7 Å². The van der Waals surface area contributed by atoms with E-state index in [-0.39, 0.29) is 6.61 Å². The van der Waals surface area contributed by atoms with Crippen LogP contribution in [0.25, 0.3) is 0 Å². The lowest BCUT2D eigenvalue weighted by Crippen LogP contribution is -2.43.